The molecule has 1 aliphatic carbocycles. The zero-order chi connectivity index (χ0) is 12.1. The normalized spacial score (nSPS) is 13.8. The monoisotopic (exact) mass is 218 g/mol. The first kappa shape index (κ1) is 17.3. The number of nitrogens with two attached hydrogens (primary N) is 1. The molecule has 0 atom stereocenters. The topological polar surface area (TPSA) is 49.5 Å². The Morgan fingerprint density at radius 3 is 2.07 bits per heavy atom. The highest BCUT2D eigenvalue weighted by atomic mass is 16.3. The molecule has 0 radical (unpaired) electrons. The van der Waals surface area contributed by atoms with Crippen LogP contribution in [0.1, 0.15) is 46.5 Å². The van der Waals surface area contributed by atoms with Gasteiger partial charge >= 0.3 is 0 Å². The van der Waals surface area contributed by atoms with Gasteiger partial charge in [-0.1, -0.05) is 20.8 Å². The molecule has 0 unspecified atom stereocenters. The van der Waals surface area contributed by atoms with E-state index in [1.54, 1.807) is 0 Å². The third kappa shape index (κ3) is 10.2. The standard InChI is InChI=1S/C9H19NO.C2H6.CH5N/c1-2-6-10(7-3-8-11)9-4-5-9;2*1-2/h9,11H,2-8H2,1H3;1-2H3;2H2,1H3. The molecule has 0 aromatic heterocycles. The molecule has 3 N–H and O–H groups in total. The highest BCUT2D eigenvalue weighted by Gasteiger charge is 2.27. The molecule has 0 amide bonds. The second-order valence-corrected chi connectivity index (χ2v) is 3.34. The van der Waals surface area contributed by atoms with E-state index >= 15 is 0 Å². The molecule has 0 heterocycles. The average molecular weight is 218 g/mol. The van der Waals surface area contributed by atoms with Crippen molar-refractivity contribution in [1.82, 2.24) is 4.90 Å². The van der Waals surface area contributed by atoms with E-state index in [0.717, 1.165) is 19.0 Å². The van der Waals surface area contributed by atoms with E-state index in [2.05, 4.69) is 17.6 Å². The Bertz CT molecular complexity index is 106. The van der Waals surface area contributed by atoms with Crippen molar-refractivity contribution in [3.8, 4) is 0 Å². The van der Waals surface area contributed by atoms with Gasteiger partial charge in [-0.05, 0) is 39.3 Å². The predicted molar refractivity (Wildman–Crippen MR) is 68.0 cm³/mol. The van der Waals surface area contributed by atoms with Crippen LogP contribution in [-0.4, -0.2) is 42.8 Å². The minimum Gasteiger partial charge on any atom is -0.396 e. The summed E-state index contributed by atoms with van der Waals surface area (Å²) in [6, 6.07) is 0.862. The molecule has 3 heteroatoms. The van der Waals surface area contributed by atoms with E-state index in [1.165, 1.54) is 32.9 Å². The molecule has 1 aliphatic rings. The molecule has 0 bridgehead atoms. The summed E-state index contributed by atoms with van der Waals surface area (Å²) in [5, 5.41) is 8.66. The van der Waals surface area contributed by atoms with Crippen LogP contribution in [0.5, 0.6) is 0 Å². The smallest absolute Gasteiger partial charge is 0.0443 e. The fourth-order valence-corrected chi connectivity index (χ4v) is 1.48. The van der Waals surface area contributed by atoms with Crippen molar-refractivity contribution >= 4 is 0 Å². The lowest BCUT2D eigenvalue weighted by molar-refractivity contribution is 0.217. The zero-order valence-electron chi connectivity index (χ0n) is 11.0. The minimum atomic E-state index is 0.340. The fraction of sp³-hybridized carbons (Fsp3) is 1.00. The predicted octanol–water partition coefficient (Wildman–Crippen LogP) is 1.84. The summed E-state index contributed by atoms with van der Waals surface area (Å²) >= 11 is 0. The molecule has 15 heavy (non-hydrogen) atoms. The summed E-state index contributed by atoms with van der Waals surface area (Å²) in [6.07, 6.45) is 4.94. The Balaban J connectivity index is 0. The van der Waals surface area contributed by atoms with Crippen LogP contribution < -0.4 is 5.73 Å². The Morgan fingerprint density at radius 1 is 1.20 bits per heavy atom. The molecule has 1 rings (SSSR count). The minimum absolute atomic E-state index is 0.340. The van der Waals surface area contributed by atoms with Gasteiger partial charge < -0.3 is 15.7 Å². The third-order valence-electron chi connectivity index (χ3n) is 2.18. The van der Waals surface area contributed by atoms with Gasteiger partial charge in [-0.3, -0.25) is 0 Å². The lowest BCUT2D eigenvalue weighted by atomic mass is 10.3. The number of aliphatic hydroxyl groups is 1. The number of hydrogen-bond donors (Lipinski definition) is 2. The van der Waals surface area contributed by atoms with Crippen molar-refractivity contribution in [2.24, 2.45) is 5.73 Å². The Hall–Kier alpha value is -0.120. The van der Waals surface area contributed by atoms with E-state index in [0.29, 0.717) is 6.61 Å². The largest absolute Gasteiger partial charge is 0.396 e. The summed E-state index contributed by atoms with van der Waals surface area (Å²) in [4.78, 5) is 2.51. The van der Waals surface area contributed by atoms with Crippen LogP contribution in [0.25, 0.3) is 0 Å². The molecule has 0 saturated heterocycles. The van der Waals surface area contributed by atoms with Gasteiger partial charge in [0.15, 0.2) is 0 Å². The second-order valence-electron chi connectivity index (χ2n) is 3.34. The zero-order valence-corrected chi connectivity index (χ0v) is 11.0. The highest BCUT2D eigenvalue weighted by molar-refractivity contribution is 4.83. The van der Waals surface area contributed by atoms with Crippen molar-refractivity contribution in [3.05, 3.63) is 0 Å². The summed E-state index contributed by atoms with van der Waals surface area (Å²) in [7, 11) is 1.50. The van der Waals surface area contributed by atoms with E-state index in [9.17, 15) is 0 Å². The molecule has 0 aromatic carbocycles. The molecule has 1 fully saturated rings. The van der Waals surface area contributed by atoms with Gasteiger partial charge in [0.2, 0.25) is 0 Å². The van der Waals surface area contributed by atoms with Gasteiger partial charge in [-0.15, -0.1) is 0 Å². The first-order chi connectivity index (χ1) is 7.38. The first-order valence-electron chi connectivity index (χ1n) is 6.31. The van der Waals surface area contributed by atoms with Crippen LogP contribution in [0.15, 0.2) is 0 Å². The Kier molecular flexibility index (Phi) is 16.0. The first-order valence-corrected chi connectivity index (χ1v) is 6.31. The maximum absolute atomic E-state index is 8.66. The second kappa shape index (κ2) is 13.9. The van der Waals surface area contributed by atoms with Crippen molar-refractivity contribution < 1.29 is 5.11 Å². The molecule has 0 spiro atoms. The molecule has 3 nitrogen and oxygen atoms in total. The third-order valence-corrected chi connectivity index (χ3v) is 2.18. The van der Waals surface area contributed by atoms with Crippen molar-refractivity contribution in [1.29, 1.82) is 0 Å². The Labute approximate surface area is 95.7 Å². The van der Waals surface area contributed by atoms with Crippen molar-refractivity contribution in [3.63, 3.8) is 0 Å². The van der Waals surface area contributed by atoms with Gasteiger partial charge in [-0.2, -0.15) is 0 Å². The maximum atomic E-state index is 8.66. The number of rotatable bonds is 6. The van der Waals surface area contributed by atoms with E-state index in [4.69, 9.17) is 5.11 Å². The fourth-order valence-electron chi connectivity index (χ4n) is 1.48. The highest BCUT2D eigenvalue weighted by Crippen LogP contribution is 2.26. The molecule has 1 saturated carbocycles. The number of hydrogen-bond acceptors (Lipinski definition) is 3. The van der Waals surface area contributed by atoms with Crippen LogP contribution in [0.2, 0.25) is 0 Å². The van der Waals surface area contributed by atoms with Crippen LogP contribution in [0, 0.1) is 0 Å². The maximum Gasteiger partial charge on any atom is 0.0443 e. The van der Waals surface area contributed by atoms with Crippen LogP contribution in [-0.2, 0) is 0 Å². The quantitative estimate of drug-likeness (QED) is 0.715. The van der Waals surface area contributed by atoms with Crippen LogP contribution in [0.4, 0.5) is 0 Å². The molecular formula is C12H30N2O. The summed E-state index contributed by atoms with van der Waals surface area (Å²) in [6.45, 7) is 8.86. The van der Waals surface area contributed by atoms with Gasteiger partial charge in [0, 0.05) is 19.2 Å². The van der Waals surface area contributed by atoms with Crippen molar-refractivity contribution in [2.45, 2.75) is 52.5 Å². The average Bonchev–Trinajstić information content (AvgIpc) is 3.14. The number of nitrogens with zero attached hydrogens (tertiary/aromatic N) is 1. The molecular weight excluding hydrogens is 188 g/mol. The van der Waals surface area contributed by atoms with E-state index in [1.807, 2.05) is 13.8 Å². The summed E-state index contributed by atoms with van der Waals surface area (Å²) in [5.41, 5.74) is 4.50. The summed E-state index contributed by atoms with van der Waals surface area (Å²) < 4.78 is 0. The Morgan fingerprint density at radius 2 is 1.73 bits per heavy atom. The van der Waals surface area contributed by atoms with Gasteiger partial charge in [0.25, 0.3) is 0 Å². The van der Waals surface area contributed by atoms with E-state index < -0.39 is 0 Å². The lowest BCUT2D eigenvalue weighted by Crippen LogP contribution is -2.28. The number of aliphatic hydroxyl groups excluding tert-OH is 1. The summed E-state index contributed by atoms with van der Waals surface area (Å²) in [5.74, 6) is 0. The van der Waals surface area contributed by atoms with Gasteiger partial charge in [-0.25, -0.2) is 0 Å². The van der Waals surface area contributed by atoms with Crippen LogP contribution >= 0.6 is 0 Å². The lowest BCUT2D eigenvalue weighted by Gasteiger charge is -2.20. The van der Waals surface area contributed by atoms with Crippen LogP contribution in [0.3, 0.4) is 0 Å². The van der Waals surface area contributed by atoms with Crippen molar-refractivity contribution in [2.75, 3.05) is 26.7 Å². The van der Waals surface area contributed by atoms with Gasteiger partial charge in [0.1, 0.15) is 0 Å². The molecule has 94 valence electrons. The molecule has 0 aliphatic heterocycles. The molecule has 0 aromatic rings. The van der Waals surface area contributed by atoms with Gasteiger partial charge in [0.05, 0.1) is 0 Å². The SMILES string of the molecule is CC.CCCN(CCCO)C1CC1.CN. The van der Waals surface area contributed by atoms with E-state index in [-0.39, 0.29) is 0 Å².